The van der Waals surface area contributed by atoms with Crippen LogP contribution in [-0.2, 0) is 0 Å². The number of benzene rings is 1. The molecule has 1 amide bonds. The van der Waals surface area contributed by atoms with Crippen LogP contribution >= 0.6 is 23.6 Å². The van der Waals surface area contributed by atoms with E-state index in [9.17, 15) is 4.79 Å². The number of methoxy groups -OCH3 is 1. The van der Waals surface area contributed by atoms with Crippen LogP contribution in [0.25, 0.3) is 0 Å². The third-order valence-electron chi connectivity index (χ3n) is 2.46. The summed E-state index contributed by atoms with van der Waals surface area (Å²) in [6.07, 6.45) is 0. The van der Waals surface area contributed by atoms with Crippen molar-refractivity contribution in [2.75, 3.05) is 12.4 Å². The average molecular weight is 292 g/mol. The Labute approximate surface area is 120 Å². The Morgan fingerprint density at radius 1 is 1.37 bits per heavy atom. The Bertz CT molecular complexity index is 605. The highest BCUT2D eigenvalue weighted by molar-refractivity contribution is 7.80. The Hall–Kier alpha value is -1.92. The number of thiocarbonyl (C=S) groups is 1. The summed E-state index contributed by atoms with van der Waals surface area (Å²) in [5.74, 6) is 0.510. The summed E-state index contributed by atoms with van der Waals surface area (Å²) in [6.45, 7) is 0. The third kappa shape index (κ3) is 3.30. The highest BCUT2D eigenvalue weighted by atomic mass is 32.1. The van der Waals surface area contributed by atoms with Gasteiger partial charge in [0.05, 0.1) is 12.0 Å². The van der Waals surface area contributed by atoms with Crippen molar-refractivity contribution in [2.24, 2.45) is 5.73 Å². The zero-order chi connectivity index (χ0) is 13.8. The number of amides is 1. The van der Waals surface area contributed by atoms with Gasteiger partial charge in [-0.25, -0.2) is 0 Å². The zero-order valence-electron chi connectivity index (χ0n) is 10.2. The topological polar surface area (TPSA) is 64.3 Å². The lowest BCUT2D eigenvalue weighted by atomic mass is 10.2. The monoisotopic (exact) mass is 292 g/mol. The van der Waals surface area contributed by atoms with Crippen molar-refractivity contribution in [2.45, 2.75) is 0 Å². The van der Waals surface area contributed by atoms with Crippen LogP contribution in [0, 0.1) is 0 Å². The summed E-state index contributed by atoms with van der Waals surface area (Å²) in [5, 5.41) is 4.58. The molecule has 1 heterocycles. The van der Waals surface area contributed by atoms with E-state index >= 15 is 0 Å². The molecule has 0 saturated carbocycles. The molecule has 1 aromatic heterocycles. The van der Waals surface area contributed by atoms with Gasteiger partial charge in [-0.1, -0.05) is 12.2 Å². The fraction of sp³-hybridized carbons (Fsp3) is 0.0769. The van der Waals surface area contributed by atoms with Gasteiger partial charge in [0, 0.05) is 22.7 Å². The highest BCUT2D eigenvalue weighted by Gasteiger charge is 2.09. The van der Waals surface area contributed by atoms with E-state index in [1.165, 1.54) is 11.3 Å². The number of hydrogen-bond donors (Lipinski definition) is 2. The zero-order valence-corrected chi connectivity index (χ0v) is 11.8. The number of nitrogens with one attached hydrogen (secondary N) is 1. The summed E-state index contributed by atoms with van der Waals surface area (Å²) >= 11 is 6.20. The van der Waals surface area contributed by atoms with Gasteiger partial charge in [0.15, 0.2) is 0 Å². The van der Waals surface area contributed by atoms with Gasteiger partial charge in [-0.3, -0.25) is 4.79 Å². The first-order valence-electron chi connectivity index (χ1n) is 5.44. The Kier molecular flexibility index (Phi) is 4.13. The second kappa shape index (κ2) is 5.81. The smallest absolute Gasteiger partial charge is 0.265 e. The largest absolute Gasteiger partial charge is 0.496 e. The molecule has 0 fully saturated rings. The van der Waals surface area contributed by atoms with Crippen LogP contribution in [0.15, 0.2) is 35.7 Å². The first-order chi connectivity index (χ1) is 9.10. The first-order valence-corrected chi connectivity index (χ1v) is 6.72. The highest BCUT2D eigenvalue weighted by Crippen LogP contribution is 2.22. The molecule has 0 unspecified atom stereocenters. The third-order valence-corrected chi connectivity index (χ3v) is 3.61. The molecule has 98 valence electrons. The van der Waals surface area contributed by atoms with Crippen molar-refractivity contribution in [3.63, 3.8) is 0 Å². The summed E-state index contributed by atoms with van der Waals surface area (Å²) in [5.41, 5.74) is 6.97. The van der Waals surface area contributed by atoms with Crippen molar-refractivity contribution in [1.82, 2.24) is 0 Å². The molecular formula is C13H12N2O2S2. The van der Waals surface area contributed by atoms with Gasteiger partial charge >= 0.3 is 0 Å². The minimum absolute atomic E-state index is 0.170. The lowest BCUT2D eigenvalue weighted by molar-refractivity contribution is 0.103. The van der Waals surface area contributed by atoms with Gasteiger partial charge in [-0.05, 0) is 24.3 Å². The van der Waals surface area contributed by atoms with Crippen LogP contribution in [0.2, 0.25) is 0 Å². The molecule has 4 nitrogen and oxygen atoms in total. The molecule has 0 radical (unpaired) electrons. The van der Waals surface area contributed by atoms with E-state index in [1.54, 1.807) is 42.8 Å². The molecule has 0 spiro atoms. The van der Waals surface area contributed by atoms with Crippen LogP contribution < -0.4 is 15.8 Å². The van der Waals surface area contributed by atoms with E-state index in [0.29, 0.717) is 21.3 Å². The maximum Gasteiger partial charge on any atom is 0.265 e. The number of nitrogens with two attached hydrogens (primary N) is 1. The maximum atomic E-state index is 12.0. The SMILES string of the molecule is COc1csc(C(=O)Nc2ccc(C(N)=S)cc2)c1. The second-order valence-corrected chi connectivity index (χ2v) is 5.10. The number of carbonyl (C=O) groups excluding carboxylic acids is 1. The van der Waals surface area contributed by atoms with E-state index in [1.807, 2.05) is 0 Å². The van der Waals surface area contributed by atoms with Crippen LogP contribution in [0.5, 0.6) is 5.75 Å². The minimum atomic E-state index is -0.170. The number of rotatable bonds is 4. The van der Waals surface area contributed by atoms with Crippen molar-refractivity contribution in [3.05, 3.63) is 46.2 Å². The number of hydrogen-bond acceptors (Lipinski definition) is 4. The lowest BCUT2D eigenvalue weighted by Crippen LogP contribution is -2.11. The maximum absolute atomic E-state index is 12.0. The van der Waals surface area contributed by atoms with E-state index in [-0.39, 0.29) is 5.91 Å². The Morgan fingerprint density at radius 3 is 2.58 bits per heavy atom. The van der Waals surface area contributed by atoms with E-state index in [0.717, 1.165) is 5.56 Å². The van der Waals surface area contributed by atoms with E-state index in [2.05, 4.69) is 5.32 Å². The van der Waals surface area contributed by atoms with Gasteiger partial charge in [-0.2, -0.15) is 0 Å². The molecule has 19 heavy (non-hydrogen) atoms. The van der Waals surface area contributed by atoms with Crippen LogP contribution in [0.3, 0.4) is 0 Å². The van der Waals surface area contributed by atoms with Crippen LogP contribution in [0.1, 0.15) is 15.2 Å². The molecule has 0 aliphatic heterocycles. The standard InChI is InChI=1S/C13H12N2O2S2/c1-17-10-6-11(19-7-10)13(16)15-9-4-2-8(3-5-9)12(14)18/h2-7H,1H3,(H2,14,18)(H,15,16). The number of anilines is 1. The van der Waals surface area contributed by atoms with Crippen molar-refractivity contribution in [3.8, 4) is 5.75 Å². The second-order valence-electron chi connectivity index (χ2n) is 3.75. The fourth-order valence-corrected chi connectivity index (χ4v) is 2.34. The molecule has 0 aliphatic carbocycles. The van der Waals surface area contributed by atoms with E-state index < -0.39 is 0 Å². The van der Waals surface area contributed by atoms with Gasteiger partial charge in [0.2, 0.25) is 0 Å². The molecule has 0 aliphatic rings. The quantitative estimate of drug-likeness (QED) is 0.850. The molecular weight excluding hydrogens is 280 g/mol. The van der Waals surface area contributed by atoms with Gasteiger partial charge in [0.1, 0.15) is 10.7 Å². The van der Waals surface area contributed by atoms with Gasteiger partial charge in [0.25, 0.3) is 5.91 Å². The molecule has 2 aromatic rings. The predicted molar refractivity (Wildman–Crippen MR) is 81.2 cm³/mol. The molecule has 0 atom stereocenters. The van der Waals surface area contributed by atoms with Crippen molar-refractivity contribution in [1.29, 1.82) is 0 Å². The molecule has 2 rings (SSSR count). The Morgan fingerprint density at radius 2 is 2.05 bits per heavy atom. The van der Waals surface area contributed by atoms with Crippen molar-refractivity contribution < 1.29 is 9.53 Å². The minimum Gasteiger partial charge on any atom is -0.496 e. The summed E-state index contributed by atoms with van der Waals surface area (Å²) in [6, 6.07) is 8.76. The number of ether oxygens (including phenoxy) is 1. The van der Waals surface area contributed by atoms with Crippen LogP contribution in [-0.4, -0.2) is 18.0 Å². The molecule has 1 aromatic carbocycles. The summed E-state index contributed by atoms with van der Waals surface area (Å²) in [4.78, 5) is 12.9. The molecule has 0 saturated heterocycles. The van der Waals surface area contributed by atoms with E-state index in [4.69, 9.17) is 22.7 Å². The molecule has 6 heteroatoms. The molecule has 0 bridgehead atoms. The number of carbonyl (C=O) groups is 1. The Balaban J connectivity index is 2.08. The number of thiophene rings is 1. The predicted octanol–water partition coefficient (Wildman–Crippen LogP) is 2.64. The normalized spacial score (nSPS) is 9.95. The van der Waals surface area contributed by atoms with Gasteiger partial charge < -0.3 is 15.8 Å². The molecule has 3 N–H and O–H groups in total. The summed E-state index contributed by atoms with van der Waals surface area (Å²) in [7, 11) is 1.57. The fourth-order valence-electron chi connectivity index (χ4n) is 1.46. The first kappa shape index (κ1) is 13.5. The lowest BCUT2D eigenvalue weighted by Gasteiger charge is -2.04. The van der Waals surface area contributed by atoms with Crippen molar-refractivity contribution >= 4 is 40.1 Å². The average Bonchev–Trinajstić information content (AvgIpc) is 2.88. The summed E-state index contributed by atoms with van der Waals surface area (Å²) < 4.78 is 5.04. The van der Waals surface area contributed by atoms with Gasteiger partial charge in [-0.15, -0.1) is 11.3 Å². The van der Waals surface area contributed by atoms with Crippen LogP contribution in [0.4, 0.5) is 5.69 Å².